The normalized spacial score (nSPS) is 14.1. The molecule has 0 bridgehead atoms. The first-order valence-corrected chi connectivity index (χ1v) is 6.52. The van der Waals surface area contributed by atoms with Crippen molar-refractivity contribution in [3.63, 3.8) is 0 Å². The molecule has 0 aliphatic heterocycles. The van der Waals surface area contributed by atoms with Crippen molar-refractivity contribution in [1.29, 1.82) is 0 Å². The molecule has 0 spiro atoms. The summed E-state index contributed by atoms with van der Waals surface area (Å²) < 4.78 is 5.02. The van der Waals surface area contributed by atoms with Gasteiger partial charge in [-0.3, -0.25) is 9.59 Å². The van der Waals surface area contributed by atoms with Crippen LogP contribution in [0.1, 0.15) is 34.6 Å². The Morgan fingerprint density at radius 1 is 1.05 bits per heavy atom. The van der Waals surface area contributed by atoms with Gasteiger partial charge in [0.2, 0.25) is 5.91 Å². The van der Waals surface area contributed by atoms with E-state index in [0.29, 0.717) is 0 Å². The number of carbonyl (C=O) groups is 3. The van der Waals surface area contributed by atoms with Gasteiger partial charge in [0, 0.05) is 19.0 Å². The van der Waals surface area contributed by atoms with E-state index in [1.165, 1.54) is 6.92 Å². The minimum Gasteiger partial charge on any atom is -0.481 e. The van der Waals surface area contributed by atoms with Crippen molar-refractivity contribution >= 4 is 18.0 Å². The van der Waals surface area contributed by atoms with Gasteiger partial charge in [0.05, 0.1) is 5.92 Å². The molecule has 7 nitrogen and oxygen atoms in total. The third-order valence-corrected chi connectivity index (χ3v) is 2.65. The predicted octanol–water partition coefficient (Wildman–Crippen LogP) is 0.984. The quantitative estimate of drug-likeness (QED) is 0.632. The van der Waals surface area contributed by atoms with E-state index in [9.17, 15) is 14.4 Å². The topological polar surface area (TPSA) is 105 Å². The zero-order valence-corrected chi connectivity index (χ0v) is 12.6. The Bertz CT molecular complexity index is 362. The van der Waals surface area contributed by atoms with Crippen molar-refractivity contribution in [2.75, 3.05) is 13.1 Å². The standard InChI is InChI=1S/C13H24N2O5/c1-8(9(2)11(17)18)10(16)14-6-7-15-12(19)20-13(3,4)5/h8-9H,6-7H2,1-5H3,(H,14,16)(H,15,19)(H,17,18). The summed E-state index contributed by atoms with van der Waals surface area (Å²) in [6, 6.07) is 0. The molecule has 0 heterocycles. The van der Waals surface area contributed by atoms with Gasteiger partial charge in [-0.2, -0.15) is 0 Å². The Hall–Kier alpha value is -1.79. The highest BCUT2D eigenvalue weighted by Gasteiger charge is 2.25. The second-order valence-electron chi connectivity index (χ2n) is 5.64. The summed E-state index contributed by atoms with van der Waals surface area (Å²) in [4.78, 5) is 33.7. The van der Waals surface area contributed by atoms with Crippen LogP contribution in [-0.4, -0.2) is 41.8 Å². The van der Waals surface area contributed by atoms with Crippen molar-refractivity contribution < 1.29 is 24.2 Å². The Morgan fingerprint density at radius 2 is 1.55 bits per heavy atom. The first-order valence-electron chi connectivity index (χ1n) is 6.52. The summed E-state index contributed by atoms with van der Waals surface area (Å²) in [6.45, 7) is 8.72. The van der Waals surface area contributed by atoms with Gasteiger partial charge < -0.3 is 20.5 Å². The number of carbonyl (C=O) groups excluding carboxylic acids is 2. The Morgan fingerprint density at radius 3 is 2.00 bits per heavy atom. The largest absolute Gasteiger partial charge is 0.481 e. The highest BCUT2D eigenvalue weighted by Crippen LogP contribution is 2.10. The number of rotatable bonds is 6. The van der Waals surface area contributed by atoms with Gasteiger partial charge in [-0.25, -0.2) is 4.79 Å². The van der Waals surface area contributed by atoms with E-state index in [2.05, 4.69) is 10.6 Å². The number of ether oxygens (including phenoxy) is 1. The summed E-state index contributed by atoms with van der Waals surface area (Å²) in [5.41, 5.74) is -0.571. The molecule has 0 aromatic rings. The fourth-order valence-corrected chi connectivity index (χ4v) is 1.27. The van der Waals surface area contributed by atoms with E-state index in [0.717, 1.165) is 0 Å². The zero-order valence-electron chi connectivity index (χ0n) is 12.6. The molecule has 2 amide bonds. The number of hydrogen-bond donors (Lipinski definition) is 3. The molecule has 20 heavy (non-hydrogen) atoms. The average molecular weight is 288 g/mol. The summed E-state index contributed by atoms with van der Waals surface area (Å²) >= 11 is 0. The molecule has 0 aliphatic carbocycles. The van der Waals surface area contributed by atoms with Crippen LogP contribution in [0.2, 0.25) is 0 Å². The molecule has 3 N–H and O–H groups in total. The zero-order chi connectivity index (χ0) is 15.9. The maximum atomic E-state index is 11.6. The van der Waals surface area contributed by atoms with Crippen LogP contribution in [-0.2, 0) is 14.3 Å². The number of aliphatic carboxylic acids is 1. The fourth-order valence-electron chi connectivity index (χ4n) is 1.27. The van der Waals surface area contributed by atoms with Crippen LogP contribution in [0, 0.1) is 11.8 Å². The highest BCUT2D eigenvalue weighted by molar-refractivity contribution is 5.84. The molecule has 0 radical (unpaired) electrons. The molecule has 0 saturated carbocycles. The van der Waals surface area contributed by atoms with E-state index in [4.69, 9.17) is 9.84 Å². The van der Waals surface area contributed by atoms with Crippen LogP contribution >= 0.6 is 0 Å². The Balaban J connectivity index is 3.93. The Kier molecular flexibility index (Phi) is 7.02. The lowest BCUT2D eigenvalue weighted by molar-refractivity contribution is -0.146. The van der Waals surface area contributed by atoms with E-state index in [1.807, 2.05) is 0 Å². The first kappa shape index (κ1) is 18.2. The monoisotopic (exact) mass is 288 g/mol. The molecule has 0 aromatic heterocycles. The van der Waals surface area contributed by atoms with Crippen LogP contribution in [0.3, 0.4) is 0 Å². The molecular formula is C13H24N2O5. The van der Waals surface area contributed by atoms with Crippen molar-refractivity contribution in [3.05, 3.63) is 0 Å². The lowest BCUT2D eigenvalue weighted by atomic mass is 9.95. The summed E-state index contributed by atoms with van der Waals surface area (Å²) in [6.07, 6.45) is -0.557. The van der Waals surface area contributed by atoms with Crippen LogP contribution in [0.15, 0.2) is 0 Å². The van der Waals surface area contributed by atoms with Gasteiger partial charge in [-0.05, 0) is 20.8 Å². The van der Waals surface area contributed by atoms with Crippen molar-refractivity contribution in [1.82, 2.24) is 10.6 Å². The van der Waals surface area contributed by atoms with Gasteiger partial charge in [-0.1, -0.05) is 13.8 Å². The number of carboxylic acid groups (broad SMARTS) is 1. The fraction of sp³-hybridized carbons (Fsp3) is 0.769. The first-order chi connectivity index (χ1) is 9.04. The third-order valence-electron chi connectivity index (χ3n) is 2.65. The van der Waals surface area contributed by atoms with Crippen LogP contribution in [0.25, 0.3) is 0 Å². The minimum absolute atomic E-state index is 0.217. The third kappa shape index (κ3) is 7.60. The van der Waals surface area contributed by atoms with Gasteiger partial charge in [0.15, 0.2) is 0 Å². The molecule has 0 rings (SSSR count). The van der Waals surface area contributed by atoms with Gasteiger partial charge in [-0.15, -0.1) is 0 Å². The molecule has 2 unspecified atom stereocenters. The predicted molar refractivity (Wildman–Crippen MR) is 73.2 cm³/mol. The Labute approximate surface area is 119 Å². The van der Waals surface area contributed by atoms with E-state index >= 15 is 0 Å². The lowest BCUT2D eigenvalue weighted by Crippen LogP contribution is -2.40. The van der Waals surface area contributed by atoms with Crippen LogP contribution < -0.4 is 10.6 Å². The summed E-state index contributed by atoms with van der Waals surface area (Å²) in [7, 11) is 0. The van der Waals surface area contributed by atoms with Gasteiger partial charge in [0.1, 0.15) is 5.60 Å². The molecular weight excluding hydrogens is 264 g/mol. The lowest BCUT2D eigenvalue weighted by Gasteiger charge is -2.20. The SMILES string of the molecule is CC(C(=O)O)C(C)C(=O)NCCNC(=O)OC(C)(C)C. The summed E-state index contributed by atoms with van der Waals surface area (Å²) in [5.74, 6) is -2.76. The van der Waals surface area contributed by atoms with E-state index < -0.39 is 29.5 Å². The number of amides is 2. The molecule has 0 aromatic carbocycles. The van der Waals surface area contributed by atoms with Crippen LogP contribution in [0.4, 0.5) is 4.79 Å². The molecule has 0 aliphatic rings. The number of nitrogens with one attached hydrogen (secondary N) is 2. The maximum absolute atomic E-state index is 11.6. The van der Waals surface area contributed by atoms with E-state index in [-0.39, 0.29) is 19.0 Å². The van der Waals surface area contributed by atoms with Gasteiger partial charge >= 0.3 is 12.1 Å². The summed E-state index contributed by atoms with van der Waals surface area (Å²) in [5, 5.41) is 13.9. The van der Waals surface area contributed by atoms with Gasteiger partial charge in [0.25, 0.3) is 0 Å². The molecule has 0 fully saturated rings. The molecule has 116 valence electrons. The average Bonchev–Trinajstić information content (AvgIpc) is 2.30. The van der Waals surface area contributed by atoms with E-state index in [1.54, 1.807) is 27.7 Å². The van der Waals surface area contributed by atoms with Crippen molar-refractivity contribution in [2.24, 2.45) is 11.8 Å². The highest BCUT2D eigenvalue weighted by atomic mass is 16.6. The minimum atomic E-state index is -1.01. The van der Waals surface area contributed by atoms with Crippen molar-refractivity contribution in [2.45, 2.75) is 40.2 Å². The second kappa shape index (κ2) is 7.72. The molecule has 0 saturated heterocycles. The number of hydrogen-bond acceptors (Lipinski definition) is 4. The van der Waals surface area contributed by atoms with Crippen molar-refractivity contribution in [3.8, 4) is 0 Å². The second-order valence-corrected chi connectivity index (χ2v) is 5.64. The maximum Gasteiger partial charge on any atom is 0.407 e. The molecule has 7 heteroatoms. The smallest absolute Gasteiger partial charge is 0.407 e. The number of alkyl carbamates (subject to hydrolysis) is 1. The molecule has 2 atom stereocenters. The number of carboxylic acids is 1. The van der Waals surface area contributed by atoms with Crippen LogP contribution in [0.5, 0.6) is 0 Å².